The van der Waals surface area contributed by atoms with Crippen LogP contribution in [0, 0.1) is 0 Å². The monoisotopic (exact) mass is 282 g/mol. The Hall–Kier alpha value is -1.64. The van der Waals surface area contributed by atoms with Crippen LogP contribution in [0.1, 0.15) is 6.42 Å². The number of methoxy groups -OCH3 is 1. The summed E-state index contributed by atoms with van der Waals surface area (Å²) in [5.74, 6) is 7.23. The molecule has 8 heteroatoms. The molecule has 0 unspecified atom stereocenters. The second-order valence-electron chi connectivity index (χ2n) is 4.63. The van der Waals surface area contributed by atoms with E-state index in [1.807, 2.05) is 0 Å². The van der Waals surface area contributed by atoms with E-state index in [2.05, 4.69) is 25.2 Å². The lowest BCUT2D eigenvalue weighted by atomic mass is 10.3. The Balaban J connectivity index is 2.15. The predicted molar refractivity (Wildman–Crippen MR) is 76.7 cm³/mol. The Labute approximate surface area is 118 Å². The van der Waals surface area contributed by atoms with Gasteiger partial charge in [-0.2, -0.15) is 0 Å². The minimum Gasteiger partial charge on any atom is -0.490 e. The van der Waals surface area contributed by atoms with Crippen LogP contribution in [0.4, 0.5) is 11.6 Å². The minimum absolute atomic E-state index is 0.193. The van der Waals surface area contributed by atoms with Crippen LogP contribution < -0.4 is 20.9 Å². The highest BCUT2D eigenvalue weighted by Crippen LogP contribution is 2.31. The summed E-state index contributed by atoms with van der Waals surface area (Å²) in [7, 11) is 1.58. The topological polar surface area (TPSA) is 99.8 Å². The highest BCUT2D eigenvalue weighted by Gasteiger charge is 2.21. The fourth-order valence-electron chi connectivity index (χ4n) is 2.43. The molecule has 0 amide bonds. The summed E-state index contributed by atoms with van der Waals surface area (Å²) in [6.45, 7) is 4.49. The summed E-state index contributed by atoms with van der Waals surface area (Å²) in [6.07, 6.45) is 2.49. The van der Waals surface area contributed by atoms with E-state index in [-0.39, 0.29) is 6.61 Å². The third-order valence-electron chi connectivity index (χ3n) is 3.43. The number of nitrogens with two attached hydrogens (primary N) is 1. The number of anilines is 2. The summed E-state index contributed by atoms with van der Waals surface area (Å²) >= 11 is 0. The molecule has 1 aromatic heterocycles. The van der Waals surface area contributed by atoms with E-state index in [1.54, 1.807) is 7.11 Å². The highest BCUT2D eigenvalue weighted by molar-refractivity contribution is 5.64. The summed E-state index contributed by atoms with van der Waals surface area (Å²) in [5.41, 5.74) is 2.52. The molecule has 2 heterocycles. The summed E-state index contributed by atoms with van der Waals surface area (Å²) < 4.78 is 5.37. The average molecular weight is 282 g/mol. The van der Waals surface area contributed by atoms with Crippen molar-refractivity contribution < 1.29 is 9.84 Å². The number of hydrogen-bond donors (Lipinski definition) is 3. The molecule has 1 saturated heterocycles. The van der Waals surface area contributed by atoms with Crippen LogP contribution in [-0.4, -0.2) is 66.4 Å². The lowest BCUT2D eigenvalue weighted by Gasteiger charge is -2.24. The number of hydrogen-bond acceptors (Lipinski definition) is 8. The number of nitrogen functional groups attached to an aromatic ring is 1. The van der Waals surface area contributed by atoms with Gasteiger partial charge in [-0.25, -0.2) is 15.8 Å². The number of nitrogens with one attached hydrogen (secondary N) is 1. The Morgan fingerprint density at radius 3 is 2.90 bits per heavy atom. The SMILES string of the molecule is COc1c(NN)ncnc1N1CCCN(CCO)CC1. The number of ether oxygens (including phenoxy) is 1. The second-order valence-corrected chi connectivity index (χ2v) is 4.63. The molecule has 1 aromatic rings. The molecule has 0 spiro atoms. The zero-order valence-electron chi connectivity index (χ0n) is 11.7. The normalized spacial score (nSPS) is 16.9. The van der Waals surface area contributed by atoms with Crippen molar-refractivity contribution in [1.82, 2.24) is 14.9 Å². The molecule has 0 bridgehead atoms. The number of aromatic nitrogens is 2. The van der Waals surface area contributed by atoms with Gasteiger partial charge in [-0.1, -0.05) is 0 Å². The van der Waals surface area contributed by atoms with Crippen molar-refractivity contribution >= 4 is 11.6 Å². The van der Waals surface area contributed by atoms with Gasteiger partial charge < -0.3 is 20.2 Å². The molecule has 0 saturated carbocycles. The van der Waals surface area contributed by atoms with E-state index >= 15 is 0 Å². The van der Waals surface area contributed by atoms with Crippen molar-refractivity contribution in [2.24, 2.45) is 5.84 Å². The smallest absolute Gasteiger partial charge is 0.205 e. The molecule has 4 N–H and O–H groups in total. The number of β-amino-alcohol motifs (C(OH)–C–C–N with tert-alkyl or cyclic N) is 1. The fourth-order valence-corrected chi connectivity index (χ4v) is 2.43. The van der Waals surface area contributed by atoms with E-state index in [4.69, 9.17) is 15.7 Å². The summed E-state index contributed by atoms with van der Waals surface area (Å²) in [5, 5.41) is 9.03. The average Bonchev–Trinajstić information content (AvgIpc) is 2.72. The van der Waals surface area contributed by atoms with Gasteiger partial charge >= 0.3 is 0 Å². The summed E-state index contributed by atoms with van der Waals surface area (Å²) in [6, 6.07) is 0. The molecule has 0 atom stereocenters. The van der Waals surface area contributed by atoms with Crippen LogP contribution in [0.5, 0.6) is 5.75 Å². The molecule has 8 nitrogen and oxygen atoms in total. The molecule has 112 valence electrons. The van der Waals surface area contributed by atoms with E-state index < -0.39 is 0 Å². The van der Waals surface area contributed by atoms with Gasteiger partial charge in [0.05, 0.1) is 13.7 Å². The number of hydrazine groups is 1. The van der Waals surface area contributed by atoms with E-state index in [0.29, 0.717) is 18.1 Å². The largest absolute Gasteiger partial charge is 0.490 e. The molecule has 2 rings (SSSR count). The van der Waals surface area contributed by atoms with E-state index in [1.165, 1.54) is 6.33 Å². The van der Waals surface area contributed by atoms with Crippen LogP contribution in [0.25, 0.3) is 0 Å². The van der Waals surface area contributed by atoms with Crippen molar-refractivity contribution in [3.63, 3.8) is 0 Å². The van der Waals surface area contributed by atoms with Gasteiger partial charge in [-0.3, -0.25) is 4.90 Å². The Kier molecular flexibility index (Phi) is 5.33. The van der Waals surface area contributed by atoms with Gasteiger partial charge in [0.1, 0.15) is 6.33 Å². The lowest BCUT2D eigenvalue weighted by molar-refractivity contribution is 0.204. The van der Waals surface area contributed by atoms with Gasteiger partial charge in [0.15, 0.2) is 11.6 Å². The van der Waals surface area contributed by atoms with Crippen LogP contribution in [0.15, 0.2) is 6.33 Å². The van der Waals surface area contributed by atoms with Crippen LogP contribution in [0.3, 0.4) is 0 Å². The zero-order valence-corrected chi connectivity index (χ0v) is 11.7. The van der Waals surface area contributed by atoms with Crippen molar-refractivity contribution in [3.8, 4) is 5.75 Å². The molecule has 1 aliphatic rings. The van der Waals surface area contributed by atoms with Gasteiger partial charge in [-0.05, 0) is 13.0 Å². The third kappa shape index (κ3) is 3.27. The summed E-state index contributed by atoms with van der Waals surface area (Å²) in [4.78, 5) is 12.8. The fraction of sp³-hybridized carbons (Fsp3) is 0.667. The molecule has 0 aliphatic carbocycles. The van der Waals surface area contributed by atoms with Crippen molar-refractivity contribution in [3.05, 3.63) is 6.33 Å². The maximum absolute atomic E-state index is 9.03. The molecule has 20 heavy (non-hydrogen) atoms. The van der Waals surface area contributed by atoms with Crippen LogP contribution >= 0.6 is 0 Å². The Morgan fingerprint density at radius 2 is 2.20 bits per heavy atom. The van der Waals surface area contributed by atoms with Gasteiger partial charge in [0.25, 0.3) is 0 Å². The Bertz CT molecular complexity index is 430. The molecule has 1 aliphatic heterocycles. The van der Waals surface area contributed by atoms with Crippen molar-refractivity contribution in [2.45, 2.75) is 6.42 Å². The van der Waals surface area contributed by atoms with Crippen molar-refractivity contribution in [2.75, 3.05) is 56.8 Å². The minimum atomic E-state index is 0.193. The first-order valence-corrected chi connectivity index (χ1v) is 6.74. The number of aliphatic hydroxyl groups excluding tert-OH is 1. The molecular formula is C12H22N6O2. The highest BCUT2D eigenvalue weighted by atomic mass is 16.5. The van der Waals surface area contributed by atoms with Gasteiger partial charge in [-0.15, -0.1) is 0 Å². The van der Waals surface area contributed by atoms with Gasteiger partial charge in [0, 0.05) is 26.2 Å². The maximum atomic E-state index is 9.03. The van der Waals surface area contributed by atoms with E-state index in [0.717, 1.165) is 38.4 Å². The molecule has 0 aromatic carbocycles. The molecule has 0 radical (unpaired) electrons. The molecule has 1 fully saturated rings. The first kappa shape index (κ1) is 14.8. The first-order chi connectivity index (χ1) is 9.80. The van der Waals surface area contributed by atoms with Crippen LogP contribution in [0.2, 0.25) is 0 Å². The Morgan fingerprint density at radius 1 is 1.35 bits per heavy atom. The van der Waals surface area contributed by atoms with Crippen molar-refractivity contribution in [1.29, 1.82) is 0 Å². The maximum Gasteiger partial charge on any atom is 0.205 e. The first-order valence-electron chi connectivity index (χ1n) is 6.74. The molecular weight excluding hydrogens is 260 g/mol. The second kappa shape index (κ2) is 7.22. The van der Waals surface area contributed by atoms with Crippen LogP contribution in [-0.2, 0) is 0 Å². The zero-order chi connectivity index (χ0) is 14.4. The standard InChI is InChI=1S/C12H22N6O2/c1-20-10-11(16-13)14-9-15-12(10)18-4-2-3-17(5-6-18)7-8-19/h9,19H,2-8,13H2,1H3,(H,14,15,16). The van der Waals surface area contributed by atoms with E-state index in [9.17, 15) is 0 Å². The number of rotatable bonds is 5. The predicted octanol–water partition coefficient (Wildman–Crippen LogP) is -0.725. The third-order valence-corrected chi connectivity index (χ3v) is 3.43. The lowest BCUT2D eigenvalue weighted by Crippen LogP contribution is -2.33. The quantitative estimate of drug-likeness (QED) is 0.480. The number of nitrogens with zero attached hydrogens (tertiary/aromatic N) is 4. The van der Waals surface area contributed by atoms with Gasteiger partial charge in [0.2, 0.25) is 5.75 Å². The number of aliphatic hydroxyl groups is 1.